The Hall–Kier alpha value is -2.63. The second kappa shape index (κ2) is 8.01. The number of likely N-dealkylation sites (N-methyl/N-ethyl adjacent to an activating group) is 1. The average Bonchev–Trinajstić information content (AvgIpc) is 3.12. The molecule has 0 aliphatic heterocycles. The van der Waals surface area contributed by atoms with Gasteiger partial charge in [0.25, 0.3) is 5.91 Å². The van der Waals surface area contributed by atoms with Crippen molar-refractivity contribution >= 4 is 11.8 Å². The normalized spacial score (nSPS) is 15.6. The van der Waals surface area contributed by atoms with E-state index < -0.39 is 0 Å². The van der Waals surface area contributed by atoms with E-state index in [0.717, 1.165) is 11.1 Å². The van der Waals surface area contributed by atoms with Gasteiger partial charge in [0.2, 0.25) is 5.91 Å². The third-order valence-corrected chi connectivity index (χ3v) is 5.54. The van der Waals surface area contributed by atoms with Gasteiger partial charge in [-0.25, -0.2) is 4.39 Å². The van der Waals surface area contributed by atoms with Crippen LogP contribution in [0.3, 0.4) is 0 Å². The number of halogens is 1. The summed E-state index contributed by atoms with van der Waals surface area (Å²) < 4.78 is 15.4. The minimum atomic E-state index is -0.307. The molecule has 1 aromatic carbocycles. The number of nitrogens with zero attached hydrogens (tertiary/aromatic N) is 2. The van der Waals surface area contributed by atoms with Crippen molar-refractivity contribution in [2.45, 2.75) is 46.1 Å². The lowest BCUT2D eigenvalue weighted by Gasteiger charge is -2.36. The molecule has 1 atom stereocenters. The Kier molecular flexibility index (Phi) is 5.82. The van der Waals surface area contributed by atoms with Gasteiger partial charge in [0.1, 0.15) is 11.5 Å². The lowest BCUT2D eigenvalue weighted by atomic mass is 9.76. The van der Waals surface area contributed by atoms with Crippen LogP contribution in [-0.4, -0.2) is 41.4 Å². The standard InChI is InChI=1S/C23H30FN3O2/c1-15(2)27-10-6-7-20(27)21(28)25-13-23(3,4)14-26(5)22(29)19-11-16-8-9-17(24)12-18(16)19/h6-10,12,15,19H,11,13-14H2,1-5H3,(H,25,28). The van der Waals surface area contributed by atoms with Crippen LogP contribution in [0.2, 0.25) is 0 Å². The minimum absolute atomic E-state index is 0.00353. The van der Waals surface area contributed by atoms with E-state index in [1.54, 1.807) is 18.0 Å². The van der Waals surface area contributed by atoms with Gasteiger partial charge in [0.15, 0.2) is 0 Å². The number of aromatic nitrogens is 1. The summed E-state index contributed by atoms with van der Waals surface area (Å²) in [7, 11) is 1.77. The quantitative estimate of drug-likeness (QED) is 0.771. The summed E-state index contributed by atoms with van der Waals surface area (Å²) in [5, 5.41) is 3.00. The minimum Gasteiger partial charge on any atom is -0.350 e. The Labute approximate surface area is 171 Å². The largest absolute Gasteiger partial charge is 0.350 e. The first-order valence-corrected chi connectivity index (χ1v) is 10.1. The van der Waals surface area contributed by atoms with Crippen molar-refractivity contribution in [3.8, 4) is 0 Å². The third-order valence-electron chi connectivity index (χ3n) is 5.54. The maximum atomic E-state index is 13.5. The molecule has 2 amide bonds. The predicted molar refractivity (Wildman–Crippen MR) is 111 cm³/mol. The summed E-state index contributed by atoms with van der Waals surface area (Å²) in [5.41, 5.74) is 2.16. The summed E-state index contributed by atoms with van der Waals surface area (Å²) in [6.07, 6.45) is 2.55. The lowest BCUT2D eigenvalue weighted by Crippen LogP contribution is -2.45. The van der Waals surface area contributed by atoms with E-state index in [9.17, 15) is 14.0 Å². The highest BCUT2D eigenvalue weighted by Crippen LogP contribution is 2.37. The van der Waals surface area contributed by atoms with Gasteiger partial charge < -0.3 is 14.8 Å². The zero-order valence-corrected chi connectivity index (χ0v) is 17.8. The Morgan fingerprint density at radius 2 is 2.03 bits per heavy atom. The molecule has 0 spiro atoms. The van der Waals surface area contributed by atoms with E-state index in [1.807, 2.05) is 50.6 Å². The van der Waals surface area contributed by atoms with Gasteiger partial charge in [-0.05, 0) is 61.1 Å². The smallest absolute Gasteiger partial charge is 0.267 e. The predicted octanol–water partition coefficient (Wildman–Crippen LogP) is 3.76. The molecule has 3 rings (SSSR count). The van der Waals surface area contributed by atoms with Gasteiger partial charge in [0, 0.05) is 32.4 Å². The highest BCUT2D eigenvalue weighted by Gasteiger charge is 2.35. The topological polar surface area (TPSA) is 54.3 Å². The van der Waals surface area contributed by atoms with E-state index in [1.165, 1.54) is 12.1 Å². The van der Waals surface area contributed by atoms with Gasteiger partial charge in [-0.1, -0.05) is 19.9 Å². The first-order chi connectivity index (χ1) is 13.6. The van der Waals surface area contributed by atoms with Crippen molar-refractivity contribution in [2.24, 2.45) is 5.41 Å². The van der Waals surface area contributed by atoms with E-state index >= 15 is 0 Å². The molecule has 5 nitrogen and oxygen atoms in total. The fraction of sp³-hybridized carbons (Fsp3) is 0.478. The lowest BCUT2D eigenvalue weighted by molar-refractivity contribution is -0.133. The molecule has 156 valence electrons. The first-order valence-electron chi connectivity index (χ1n) is 10.1. The van der Waals surface area contributed by atoms with Crippen LogP contribution in [-0.2, 0) is 11.2 Å². The van der Waals surface area contributed by atoms with Gasteiger partial charge >= 0.3 is 0 Å². The molecule has 0 bridgehead atoms. The molecule has 1 aliphatic rings. The number of carbonyl (C=O) groups is 2. The number of hydrogen-bond acceptors (Lipinski definition) is 2. The van der Waals surface area contributed by atoms with Crippen molar-refractivity contribution < 1.29 is 14.0 Å². The van der Waals surface area contributed by atoms with Crippen LogP contribution in [0, 0.1) is 11.2 Å². The second-order valence-corrected chi connectivity index (χ2v) is 9.04. The summed E-state index contributed by atoms with van der Waals surface area (Å²) in [6.45, 7) is 9.05. The fourth-order valence-electron chi connectivity index (χ4n) is 3.98. The Bertz CT molecular complexity index is 917. The van der Waals surface area contributed by atoms with Gasteiger partial charge in [-0.3, -0.25) is 9.59 Å². The molecule has 1 aliphatic carbocycles. The molecular formula is C23H30FN3O2. The highest BCUT2D eigenvalue weighted by atomic mass is 19.1. The number of hydrogen-bond donors (Lipinski definition) is 1. The number of rotatable bonds is 7. The van der Waals surface area contributed by atoms with E-state index in [-0.39, 0.29) is 35.0 Å². The molecule has 1 N–H and O–H groups in total. The second-order valence-electron chi connectivity index (χ2n) is 9.04. The zero-order chi connectivity index (χ0) is 21.3. The van der Waals surface area contributed by atoms with Crippen molar-refractivity contribution in [1.29, 1.82) is 0 Å². The molecule has 2 aromatic rings. The van der Waals surface area contributed by atoms with Crippen molar-refractivity contribution in [3.05, 3.63) is 59.2 Å². The average molecular weight is 400 g/mol. The molecule has 0 saturated carbocycles. The number of benzene rings is 1. The zero-order valence-electron chi connectivity index (χ0n) is 17.8. The van der Waals surface area contributed by atoms with Gasteiger partial charge in [-0.2, -0.15) is 0 Å². The number of amides is 2. The van der Waals surface area contributed by atoms with E-state index in [2.05, 4.69) is 5.32 Å². The molecule has 0 fully saturated rings. The third kappa shape index (κ3) is 4.52. The molecule has 6 heteroatoms. The van der Waals surface area contributed by atoms with Crippen LogP contribution in [0.4, 0.5) is 4.39 Å². The van der Waals surface area contributed by atoms with Crippen LogP contribution in [0.25, 0.3) is 0 Å². The number of nitrogens with one attached hydrogen (secondary N) is 1. The molecule has 29 heavy (non-hydrogen) atoms. The van der Waals surface area contributed by atoms with Crippen LogP contribution < -0.4 is 5.32 Å². The van der Waals surface area contributed by atoms with Crippen LogP contribution in [0.1, 0.15) is 61.3 Å². The molecular weight excluding hydrogens is 369 g/mol. The highest BCUT2D eigenvalue weighted by molar-refractivity contribution is 5.92. The van der Waals surface area contributed by atoms with E-state index in [0.29, 0.717) is 25.2 Å². The van der Waals surface area contributed by atoms with Crippen molar-refractivity contribution in [3.63, 3.8) is 0 Å². The van der Waals surface area contributed by atoms with E-state index in [4.69, 9.17) is 0 Å². The fourth-order valence-corrected chi connectivity index (χ4v) is 3.98. The Balaban J connectivity index is 1.57. The van der Waals surface area contributed by atoms with Gasteiger partial charge in [0.05, 0.1) is 5.92 Å². The maximum absolute atomic E-state index is 13.5. The Morgan fingerprint density at radius 1 is 1.31 bits per heavy atom. The van der Waals surface area contributed by atoms with Crippen molar-refractivity contribution in [1.82, 2.24) is 14.8 Å². The van der Waals surface area contributed by atoms with Gasteiger partial charge in [-0.15, -0.1) is 0 Å². The van der Waals surface area contributed by atoms with Crippen molar-refractivity contribution in [2.75, 3.05) is 20.1 Å². The molecule has 1 unspecified atom stereocenters. The number of carbonyl (C=O) groups excluding carboxylic acids is 2. The van der Waals surface area contributed by atoms with Crippen LogP contribution in [0.15, 0.2) is 36.5 Å². The maximum Gasteiger partial charge on any atom is 0.267 e. The first kappa shape index (κ1) is 21.1. The molecule has 0 saturated heterocycles. The monoisotopic (exact) mass is 399 g/mol. The summed E-state index contributed by atoms with van der Waals surface area (Å²) in [6, 6.07) is 8.53. The summed E-state index contributed by atoms with van der Waals surface area (Å²) >= 11 is 0. The molecule has 0 radical (unpaired) electrons. The molecule has 1 aromatic heterocycles. The van der Waals surface area contributed by atoms with Crippen LogP contribution >= 0.6 is 0 Å². The SMILES string of the molecule is CC(C)n1cccc1C(=O)NCC(C)(C)CN(C)C(=O)C1Cc2ccc(F)cc21. The summed E-state index contributed by atoms with van der Waals surface area (Å²) in [5.74, 6) is -0.700. The van der Waals surface area contributed by atoms with Crippen LogP contribution in [0.5, 0.6) is 0 Å². The molecule has 1 heterocycles. The summed E-state index contributed by atoms with van der Waals surface area (Å²) in [4.78, 5) is 27.1. The number of fused-ring (bicyclic) bond motifs is 1. The Morgan fingerprint density at radius 3 is 2.72 bits per heavy atom.